The number of guanidine groups is 1. The summed E-state index contributed by atoms with van der Waals surface area (Å²) >= 11 is 0. The van der Waals surface area contributed by atoms with Gasteiger partial charge >= 0.3 is 0 Å². The summed E-state index contributed by atoms with van der Waals surface area (Å²) in [5, 5.41) is 16.1. The maximum atomic E-state index is 9.45. The second-order valence-corrected chi connectivity index (χ2v) is 6.53. The summed E-state index contributed by atoms with van der Waals surface area (Å²) < 4.78 is 5.36. The van der Waals surface area contributed by atoms with E-state index in [0.717, 1.165) is 50.6 Å². The summed E-state index contributed by atoms with van der Waals surface area (Å²) in [4.78, 5) is 6.90. The van der Waals surface area contributed by atoms with Gasteiger partial charge in [-0.1, -0.05) is 25.1 Å². The van der Waals surface area contributed by atoms with Crippen LogP contribution in [0.25, 0.3) is 0 Å². The number of aliphatic hydroxyl groups excluding tert-OH is 1. The van der Waals surface area contributed by atoms with Crippen molar-refractivity contribution in [1.29, 1.82) is 0 Å². The molecule has 0 spiro atoms. The predicted octanol–water partition coefficient (Wildman–Crippen LogP) is 3.27. The Morgan fingerprint density at radius 3 is 2.64 bits per heavy atom. The zero-order valence-corrected chi connectivity index (χ0v) is 19.1. The second kappa shape index (κ2) is 14.3. The van der Waals surface area contributed by atoms with Crippen molar-refractivity contribution >= 4 is 35.6 Å². The van der Waals surface area contributed by atoms with Crippen LogP contribution in [0, 0.1) is 0 Å². The molecule has 7 heteroatoms. The van der Waals surface area contributed by atoms with Crippen LogP contribution in [0.3, 0.4) is 0 Å². The molecule has 0 fully saturated rings. The summed E-state index contributed by atoms with van der Waals surface area (Å²) in [6, 6.07) is 14.2. The molecule has 0 saturated heterocycles. The molecule has 0 aliphatic carbocycles. The number of halogens is 1. The molecule has 1 heterocycles. The van der Waals surface area contributed by atoms with Crippen LogP contribution in [-0.4, -0.2) is 50.4 Å². The molecule has 28 heavy (non-hydrogen) atoms. The van der Waals surface area contributed by atoms with Crippen LogP contribution in [0.5, 0.6) is 0 Å². The number of furan rings is 1. The Hall–Kier alpha value is -1.74. The molecular weight excluding hydrogens is 467 g/mol. The first kappa shape index (κ1) is 24.3. The van der Waals surface area contributed by atoms with E-state index < -0.39 is 0 Å². The fourth-order valence-electron chi connectivity index (χ4n) is 2.69. The van der Waals surface area contributed by atoms with Crippen LogP contribution in [0.2, 0.25) is 0 Å². The van der Waals surface area contributed by atoms with Crippen LogP contribution in [0.4, 0.5) is 5.69 Å². The number of benzene rings is 1. The molecule has 6 nitrogen and oxygen atoms in total. The Kier molecular flexibility index (Phi) is 12.4. The number of hydrogen-bond acceptors (Lipinski definition) is 4. The maximum Gasteiger partial charge on any atom is 0.191 e. The molecule has 2 rings (SSSR count). The van der Waals surface area contributed by atoms with Gasteiger partial charge in [-0.3, -0.25) is 4.99 Å². The van der Waals surface area contributed by atoms with E-state index in [-0.39, 0.29) is 36.6 Å². The van der Waals surface area contributed by atoms with Crippen LogP contribution >= 0.6 is 24.0 Å². The highest BCUT2D eigenvalue weighted by Crippen LogP contribution is 2.10. The zero-order valence-electron chi connectivity index (χ0n) is 16.8. The van der Waals surface area contributed by atoms with Crippen molar-refractivity contribution in [2.75, 3.05) is 38.2 Å². The Morgan fingerprint density at radius 1 is 1.21 bits per heavy atom. The summed E-state index contributed by atoms with van der Waals surface area (Å²) in [5.41, 5.74) is 1.21. The highest BCUT2D eigenvalue weighted by molar-refractivity contribution is 14.0. The minimum Gasteiger partial charge on any atom is -0.469 e. The molecule has 0 radical (unpaired) electrons. The average molecular weight is 500 g/mol. The fraction of sp³-hybridized carbons (Fsp3) is 0.476. The lowest BCUT2D eigenvalue weighted by atomic mass is 10.2. The van der Waals surface area contributed by atoms with Gasteiger partial charge in [0, 0.05) is 38.8 Å². The Bertz CT molecular complexity index is 646. The number of rotatable bonds is 11. The van der Waals surface area contributed by atoms with E-state index >= 15 is 0 Å². The van der Waals surface area contributed by atoms with Crippen molar-refractivity contribution in [2.24, 2.45) is 4.99 Å². The first-order valence-electron chi connectivity index (χ1n) is 9.67. The lowest BCUT2D eigenvalue weighted by molar-refractivity contribution is 0.251. The third kappa shape index (κ3) is 8.97. The standard InChI is InChI=1S/C21H32N4O2.HI/c1-3-18(17-26)24-21(23-14-12-20-11-7-16-27-20)22-13-8-15-25(2)19-9-5-4-6-10-19;/h4-7,9-11,16,18,26H,3,8,12-15,17H2,1-2H3,(H2,22,23,24);1H/t18-;/m1./s1. The van der Waals surface area contributed by atoms with Crippen LogP contribution in [0.15, 0.2) is 58.1 Å². The number of aliphatic hydroxyl groups is 1. The fourth-order valence-corrected chi connectivity index (χ4v) is 2.69. The van der Waals surface area contributed by atoms with Gasteiger partial charge in [0.15, 0.2) is 5.96 Å². The molecule has 0 unspecified atom stereocenters. The molecule has 0 amide bonds. The summed E-state index contributed by atoms with van der Waals surface area (Å²) in [6.07, 6.45) is 4.27. The lowest BCUT2D eigenvalue weighted by Gasteiger charge is -2.20. The Labute approximate surface area is 185 Å². The van der Waals surface area contributed by atoms with Crippen molar-refractivity contribution in [3.63, 3.8) is 0 Å². The van der Waals surface area contributed by atoms with Gasteiger partial charge in [0.2, 0.25) is 0 Å². The smallest absolute Gasteiger partial charge is 0.191 e. The number of nitrogens with zero attached hydrogens (tertiary/aromatic N) is 2. The van der Waals surface area contributed by atoms with E-state index in [1.807, 2.05) is 25.1 Å². The van der Waals surface area contributed by atoms with Gasteiger partial charge in [0.05, 0.1) is 18.9 Å². The molecule has 2 aromatic rings. The van der Waals surface area contributed by atoms with Crippen molar-refractivity contribution in [1.82, 2.24) is 10.6 Å². The van der Waals surface area contributed by atoms with E-state index in [2.05, 4.69) is 51.8 Å². The summed E-state index contributed by atoms with van der Waals surface area (Å²) in [6.45, 7) is 4.51. The molecule has 0 aliphatic heterocycles. The van der Waals surface area contributed by atoms with E-state index in [0.29, 0.717) is 0 Å². The molecule has 1 aromatic heterocycles. The Morgan fingerprint density at radius 2 is 2.00 bits per heavy atom. The molecule has 0 saturated carbocycles. The number of nitrogens with one attached hydrogen (secondary N) is 2. The molecule has 0 bridgehead atoms. The van der Waals surface area contributed by atoms with Crippen molar-refractivity contribution in [3.8, 4) is 0 Å². The van der Waals surface area contributed by atoms with Crippen molar-refractivity contribution in [3.05, 3.63) is 54.5 Å². The predicted molar refractivity (Wildman–Crippen MR) is 127 cm³/mol. The number of hydrogen-bond donors (Lipinski definition) is 3. The average Bonchev–Trinajstić information content (AvgIpc) is 3.22. The quantitative estimate of drug-likeness (QED) is 0.191. The van der Waals surface area contributed by atoms with Crippen LogP contribution in [0.1, 0.15) is 25.5 Å². The van der Waals surface area contributed by atoms with Gasteiger partial charge in [-0.05, 0) is 37.1 Å². The normalized spacial score (nSPS) is 12.2. The number of aliphatic imine (C=N–C) groups is 1. The van der Waals surface area contributed by atoms with Gasteiger partial charge < -0.3 is 25.1 Å². The molecule has 1 aromatic carbocycles. The maximum absolute atomic E-state index is 9.45. The zero-order chi connectivity index (χ0) is 19.3. The van der Waals surface area contributed by atoms with Crippen LogP contribution < -0.4 is 15.5 Å². The number of anilines is 1. The van der Waals surface area contributed by atoms with Crippen molar-refractivity contribution < 1.29 is 9.52 Å². The largest absolute Gasteiger partial charge is 0.469 e. The minimum absolute atomic E-state index is 0. The lowest BCUT2D eigenvalue weighted by Crippen LogP contribution is -2.45. The third-order valence-corrected chi connectivity index (χ3v) is 4.42. The van der Waals surface area contributed by atoms with Gasteiger partial charge in [-0.25, -0.2) is 0 Å². The summed E-state index contributed by atoms with van der Waals surface area (Å²) in [7, 11) is 2.10. The van der Waals surface area contributed by atoms with Crippen molar-refractivity contribution in [2.45, 2.75) is 32.2 Å². The van der Waals surface area contributed by atoms with Gasteiger partial charge in [0.25, 0.3) is 0 Å². The minimum atomic E-state index is 0. The highest BCUT2D eigenvalue weighted by atomic mass is 127. The number of para-hydroxylation sites is 1. The molecule has 156 valence electrons. The third-order valence-electron chi connectivity index (χ3n) is 4.42. The van der Waals surface area contributed by atoms with Gasteiger partial charge in [0.1, 0.15) is 5.76 Å². The monoisotopic (exact) mass is 500 g/mol. The summed E-state index contributed by atoms with van der Waals surface area (Å²) in [5.74, 6) is 1.69. The van der Waals surface area contributed by atoms with E-state index in [1.165, 1.54) is 5.69 Å². The van der Waals surface area contributed by atoms with Gasteiger partial charge in [-0.15, -0.1) is 24.0 Å². The topological polar surface area (TPSA) is 73.0 Å². The highest BCUT2D eigenvalue weighted by Gasteiger charge is 2.08. The SMILES string of the molecule is CC[C@H](CO)NC(=NCCCN(C)c1ccccc1)NCCc1ccco1.I. The first-order valence-corrected chi connectivity index (χ1v) is 9.67. The molecule has 1 atom stereocenters. The van der Waals surface area contributed by atoms with Gasteiger partial charge in [-0.2, -0.15) is 0 Å². The molecule has 0 aliphatic rings. The van der Waals surface area contributed by atoms with Crippen LogP contribution in [-0.2, 0) is 6.42 Å². The van der Waals surface area contributed by atoms with E-state index in [9.17, 15) is 5.11 Å². The first-order chi connectivity index (χ1) is 13.2. The van der Waals surface area contributed by atoms with E-state index in [4.69, 9.17) is 4.42 Å². The molecule has 3 N–H and O–H groups in total. The molecular formula is C21H33IN4O2. The van der Waals surface area contributed by atoms with E-state index in [1.54, 1.807) is 6.26 Å². The Balaban J connectivity index is 0.00000392. The second-order valence-electron chi connectivity index (χ2n) is 6.53.